The third-order valence-corrected chi connectivity index (χ3v) is 6.48. The van der Waals surface area contributed by atoms with Crippen LogP contribution in [0.25, 0.3) is 27.8 Å². The normalized spacial score (nSPS) is 11.4. The van der Waals surface area contributed by atoms with Gasteiger partial charge >= 0.3 is 0 Å². The molecule has 0 amide bonds. The topological polar surface area (TPSA) is 59.8 Å². The van der Waals surface area contributed by atoms with Crippen molar-refractivity contribution in [1.29, 1.82) is 0 Å². The first-order valence-electron chi connectivity index (χ1n) is 9.61. The number of aromatic amines is 1. The molecule has 3 aromatic rings. The molecule has 1 aliphatic heterocycles. The van der Waals surface area contributed by atoms with E-state index in [1.807, 2.05) is 60.2 Å². The second kappa shape index (κ2) is 7.28. The van der Waals surface area contributed by atoms with Crippen LogP contribution in [0.15, 0.2) is 82.5 Å². The maximum absolute atomic E-state index is 13.3. The molecule has 1 N–H and O–H groups in total. The molecule has 2 heterocycles. The third-order valence-electron chi connectivity index (χ3n) is 5.43. The minimum Gasteiger partial charge on any atom is -0.342 e. The fourth-order valence-electron chi connectivity index (χ4n) is 3.92. The van der Waals surface area contributed by atoms with E-state index in [2.05, 4.69) is 39.8 Å². The molecule has 2 aromatic carbocycles. The number of H-pyrrole nitrogens is 1. The maximum Gasteiger partial charge on any atom is 0.280 e. The summed E-state index contributed by atoms with van der Waals surface area (Å²) >= 11 is 2.31. The molecule has 6 heteroatoms. The summed E-state index contributed by atoms with van der Waals surface area (Å²) < 4.78 is 4.66. The van der Waals surface area contributed by atoms with Crippen LogP contribution in [0, 0.1) is 10.5 Å². The van der Waals surface area contributed by atoms with E-state index in [-0.39, 0.29) is 11.0 Å². The van der Waals surface area contributed by atoms with E-state index in [1.54, 1.807) is 12.1 Å². The molecular weight excluding hydrogens is 489 g/mol. The van der Waals surface area contributed by atoms with Crippen LogP contribution in [0.4, 0.5) is 0 Å². The van der Waals surface area contributed by atoms with E-state index in [4.69, 9.17) is 0 Å². The Hall–Kier alpha value is -3.13. The van der Waals surface area contributed by atoms with Crippen molar-refractivity contribution < 1.29 is 0 Å². The molecule has 0 atom stereocenters. The lowest BCUT2D eigenvalue weighted by atomic mass is 10.1. The number of aromatic nitrogens is 3. The third kappa shape index (κ3) is 2.99. The molecule has 0 fully saturated rings. The highest BCUT2D eigenvalue weighted by molar-refractivity contribution is 14.1. The van der Waals surface area contributed by atoms with E-state index >= 15 is 0 Å². The van der Waals surface area contributed by atoms with Crippen LogP contribution < -0.4 is 11.0 Å². The molecular formula is C24H18IN3O2. The summed E-state index contributed by atoms with van der Waals surface area (Å²) in [5.41, 5.74) is 4.52. The van der Waals surface area contributed by atoms with Crippen molar-refractivity contribution in [2.75, 3.05) is 0 Å². The van der Waals surface area contributed by atoms with Gasteiger partial charge in [0.15, 0.2) is 5.43 Å². The quantitative estimate of drug-likeness (QED) is 0.365. The van der Waals surface area contributed by atoms with Crippen molar-refractivity contribution in [1.82, 2.24) is 14.3 Å². The first-order valence-corrected chi connectivity index (χ1v) is 10.7. The van der Waals surface area contributed by atoms with Crippen molar-refractivity contribution in [3.05, 3.63) is 108 Å². The average molecular weight is 507 g/mol. The zero-order valence-electron chi connectivity index (χ0n) is 16.2. The van der Waals surface area contributed by atoms with Gasteiger partial charge in [0.1, 0.15) is 0 Å². The summed E-state index contributed by atoms with van der Waals surface area (Å²) in [4.78, 5) is 26.2. The molecule has 1 aromatic heterocycles. The Kier molecular flexibility index (Phi) is 4.58. The minimum absolute atomic E-state index is 0.104. The van der Waals surface area contributed by atoms with Gasteiger partial charge in [0, 0.05) is 16.3 Å². The Morgan fingerprint density at radius 2 is 1.70 bits per heavy atom. The molecule has 148 valence electrons. The van der Waals surface area contributed by atoms with Crippen LogP contribution in [-0.2, 0) is 6.54 Å². The van der Waals surface area contributed by atoms with E-state index in [1.165, 1.54) is 4.68 Å². The molecule has 0 unspecified atom stereocenters. The fourth-order valence-corrected chi connectivity index (χ4v) is 4.48. The SMILES string of the molecule is Cc1ccccc1-n1[nH]c2c3c(=O)cccc-3n(Cc3ccccc3I)cc2c1=O. The van der Waals surface area contributed by atoms with Crippen LogP contribution >= 0.6 is 22.6 Å². The highest BCUT2D eigenvalue weighted by Crippen LogP contribution is 2.27. The Morgan fingerprint density at radius 1 is 0.933 bits per heavy atom. The first-order chi connectivity index (χ1) is 14.5. The lowest BCUT2D eigenvalue weighted by Gasteiger charge is -2.16. The highest BCUT2D eigenvalue weighted by Gasteiger charge is 2.20. The van der Waals surface area contributed by atoms with Crippen LogP contribution in [0.3, 0.4) is 0 Å². The van der Waals surface area contributed by atoms with Crippen molar-refractivity contribution in [3.63, 3.8) is 0 Å². The van der Waals surface area contributed by atoms with Gasteiger partial charge in [0.2, 0.25) is 0 Å². The van der Waals surface area contributed by atoms with Crippen molar-refractivity contribution in [2.24, 2.45) is 0 Å². The predicted octanol–water partition coefficient (Wildman–Crippen LogP) is 4.55. The monoisotopic (exact) mass is 507 g/mol. The van der Waals surface area contributed by atoms with Gasteiger partial charge in [-0.1, -0.05) is 42.5 Å². The lowest BCUT2D eigenvalue weighted by Crippen LogP contribution is -2.16. The molecule has 2 aliphatic rings. The summed E-state index contributed by atoms with van der Waals surface area (Å²) in [6, 6.07) is 21.0. The molecule has 5 nitrogen and oxygen atoms in total. The lowest BCUT2D eigenvalue weighted by molar-refractivity contribution is 0.801. The predicted molar refractivity (Wildman–Crippen MR) is 128 cm³/mol. The van der Waals surface area contributed by atoms with Gasteiger partial charge in [0.05, 0.1) is 27.8 Å². The number of hydrogen-bond donors (Lipinski definition) is 1. The second-order valence-corrected chi connectivity index (χ2v) is 8.49. The van der Waals surface area contributed by atoms with Gasteiger partial charge in [-0.15, -0.1) is 0 Å². The Morgan fingerprint density at radius 3 is 2.50 bits per heavy atom. The van der Waals surface area contributed by atoms with Crippen LogP contribution in [-0.4, -0.2) is 14.3 Å². The van der Waals surface area contributed by atoms with Crippen molar-refractivity contribution in [2.45, 2.75) is 13.5 Å². The molecule has 0 radical (unpaired) electrons. The number of aryl methyl sites for hydroxylation is 1. The van der Waals surface area contributed by atoms with E-state index < -0.39 is 0 Å². The molecule has 0 bridgehead atoms. The van der Waals surface area contributed by atoms with Gasteiger partial charge < -0.3 is 4.57 Å². The van der Waals surface area contributed by atoms with Gasteiger partial charge in [-0.05, 0) is 64.9 Å². The van der Waals surface area contributed by atoms with Gasteiger partial charge in [-0.3, -0.25) is 14.7 Å². The van der Waals surface area contributed by atoms with Gasteiger partial charge in [-0.25, -0.2) is 4.68 Å². The Labute approximate surface area is 186 Å². The molecule has 5 rings (SSSR count). The molecule has 0 saturated heterocycles. The molecule has 30 heavy (non-hydrogen) atoms. The van der Waals surface area contributed by atoms with Crippen LogP contribution in [0.1, 0.15) is 11.1 Å². The number of halogens is 1. The van der Waals surface area contributed by atoms with E-state index in [0.29, 0.717) is 23.0 Å². The smallest absolute Gasteiger partial charge is 0.280 e. The number of pyridine rings is 1. The minimum atomic E-state index is -0.166. The Bertz CT molecular complexity index is 1490. The number of nitrogens with one attached hydrogen (secondary N) is 1. The zero-order valence-corrected chi connectivity index (χ0v) is 18.4. The summed E-state index contributed by atoms with van der Waals surface area (Å²) in [5, 5.41) is 3.70. The second-order valence-electron chi connectivity index (χ2n) is 7.33. The summed E-state index contributed by atoms with van der Waals surface area (Å²) in [7, 11) is 0. The summed E-state index contributed by atoms with van der Waals surface area (Å²) in [6.45, 7) is 2.53. The highest BCUT2D eigenvalue weighted by atomic mass is 127. The number of para-hydroxylation sites is 1. The number of hydrogen-bond acceptors (Lipinski definition) is 2. The Balaban J connectivity index is 1.82. The van der Waals surface area contributed by atoms with Crippen molar-refractivity contribution >= 4 is 33.5 Å². The maximum atomic E-state index is 13.3. The van der Waals surface area contributed by atoms with Crippen LogP contribution in [0.2, 0.25) is 0 Å². The number of nitrogens with zero attached hydrogens (tertiary/aromatic N) is 2. The standard InChI is InChI=1S/C24H18IN3O2/c1-15-7-2-5-10-19(15)28-24(30)17-14-27(13-16-8-3-4-9-18(16)25)20-11-6-12-21(29)22(20)23(17)26-28/h2-12,14,26H,13H2,1H3. The number of fused-ring (bicyclic) bond motifs is 3. The average Bonchev–Trinajstić information content (AvgIpc) is 3.06. The molecule has 0 spiro atoms. The van der Waals surface area contributed by atoms with Gasteiger partial charge in [-0.2, -0.15) is 0 Å². The molecule has 1 aliphatic carbocycles. The number of benzene rings is 3. The summed E-state index contributed by atoms with van der Waals surface area (Å²) in [6.07, 6.45) is 1.85. The fraction of sp³-hybridized carbons (Fsp3) is 0.0833. The van der Waals surface area contributed by atoms with Gasteiger partial charge in [0.25, 0.3) is 5.56 Å². The first kappa shape index (κ1) is 18.9. The van der Waals surface area contributed by atoms with E-state index in [0.717, 1.165) is 26.1 Å². The number of rotatable bonds is 3. The molecule has 0 saturated carbocycles. The van der Waals surface area contributed by atoms with E-state index in [9.17, 15) is 9.59 Å². The zero-order chi connectivity index (χ0) is 20.8. The van der Waals surface area contributed by atoms with Crippen LogP contribution in [0.5, 0.6) is 0 Å². The van der Waals surface area contributed by atoms with Crippen molar-refractivity contribution in [3.8, 4) is 16.9 Å². The summed E-state index contributed by atoms with van der Waals surface area (Å²) in [5.74, 6) is 0. The largest absolute Gasteiger partial charge is 0.342 e.